The Hall–Kier alpha value is -0.810. The number of thioether (sulfide) groups is 1. The maximum absolute atomic E-state index is 12.1. The van der Waals surface area contributed by atoms with Gasteiger partial charge in [0, 0.05) is 10.5 Å². The van der Waals surface area contributed by atoms with Crippen LogP contribution in [-0.2, 0) is 5.60 Å². The minimum absolute atomic E-state index is 0.135. The first-order valence-electron chi connectivity index (χ1n) is 6.48. The monoisotopic (exact) mass is 286 g/mol. The molecule has 1 N–H and O–H groups in total. The van der Waals surface area contributed by atoms with E-state index < -0.39 is 12.2 Å². The molecule has 2 saturated heterocycles. The summed E-state index contributed by atoms with van der Waals surface area (Å²) >= 11 is 1.98. The number of hydrogen-bond donors (Lipinski definition) is 1. The van der Waals surface area contributed by atoms with Crippen molar-refractivity contribution in [2.45, 2.75) is 48.4 Å². The maximum Gasteiger partial charge on any atom is 0.387 e. The summed E-state index contributed by atoms with van der Waals surface area (Å²) in [6.07, 6.45) is 3.85. The first kappa shape index (κ1) is 13.2. The molecule has 2 aliphatic heterocycles. The predicted octanol–water partition coefficient (Wildman–Crippen LogP) is 3.53. The van der Waals surface area contributed by atoms with Crippen LogP contribution in [0.15, 0.2) is 24.3 Å². The van der Waals surface area contributed by atoms with E-state index in [1.54, 1.807) is 12.1 Å². The summed E-state index contributed by atoms with van der Waals surface area (Å²) in [5.41, 5.74) is 0.00629. The van der Waals surface area contributed by atoms with Gasteiger partial charge in [-0.2, -0.15) is 20.5 Å². The topological polar surface area (TPSA) is 29.5 Å². The number of hydrogen-bond acceptors (Lipinski definition) is 3. The van der Waals surface area contributed by atoms with Gasteiger partial charge in [-0.3, -0.25) is 0 Å². The summed E-state index contributed by atoms with van der Waals surface area (Å²) in [6.45, 7) is -2.81. The molecule has 1 aromatic rings. The molecular formula is C14H16F2O2S. The Labute approximate surface area is 115 Å². The molecule has 0 aromatic heterocycles. The molecule has 0 radical (unpaired) electrons. The van der Waals surface area contributed by atoms with Gasteiger partial charge in [0.2, 0.25) is 0 Å². The SMILES string of the molecule is OC1(c2ccc(OC(F)F)cc2)CC2CCC(C1)S2. The Morgan fingerprint density at radius 3 is 2.26 bits per heavy atom. The molecular weight excluding hydrogens is 270 g/mol. The van der Waals surface area contributed by atoms with Crippen LogP contribution in [0.25, 0.3) is 0 Å². The van der Waals surface area contributed by atoms with Crippen molar-refractivity contribution in [1.29, 1.82) is 0 Å². The fraction of sp³-hybridized carbons (Fsp3) is 0.571. The molecule has 2 heterocycles. The number of alkyl halides is 2. The van der Waals surface area contributed by atoms with Crippen LogP contribution >= 0.6 is 11.8 Å². The Balaban J connectivity index is 1.78. The highest BCUT2D eigenvalue weighted by atomic mass is 32.2. The molecule has 19 heavy (non-hydrogen) atoms. The summed E-state index contributed by atoms with van der Waals surface area (Å²) in [5, 5.41) is 11.9. The molecule has 0 aliphatic carbocycles. The van der Waals surface area contributed by atoms with Crippen LogP contribution in [0.1, 0.15) is 31.2 Å². The van der Waals surface area contributed by atoms with Crippen molar-refractivity contribution in [1.82, 2.24) is 0 Å². The van der Waals surface area contributed by atoms with E-state index in [4.69, 9.17) is 0 Å². The second-order valence-electron chi connectivity index (χ2n) is 5.30. The van der Waals surface area contributed by atoms with E-state index >= 15 is 0 Å². The third-order valence-electron chi connectivity index (χ3n) is 3.94. The van der Waals surface area contributed by atoms with E-state index in [0.29, 0.717) is 10.5 Å². The van der Waals surface area contributed by atoms with Crippen molar-refractivity contribution < 1.29 is 18.6 Å². The molecule has 0 spiro atoms. The molecule has 104 valence electrons. The van der Waals surface area contributed by atoms with Gasteiger partial charge in [0.25, 0.3) is 0 Å². The Morgan fingerprint density at radius 1 is 1.16 bits per heavy atom. The number of halogens is 2. The van der Waals surface area contributed by atoms with Gasteiger partial charge >= 0.3 is 6.61 Å². The largest absolute Gasteiger partial charge is 0.435 e. The van der Waals surface area contributed by atoms with Gasteiger partial charge in [0.15, 0.2) is 0 Å². The molecule has 2 unspecified atom stereocenters. The van der Waals surface area contributed by atoms with Gasteiger partial charge in [-0.1, -0.05) is 12.1 Å². The summed E-state index contributed by atoms with van der Waals surface area (Å²) < 4.78 is 28.5. The highest BCUT2D eigenvalue weighted by Crippen LogP contribution is 2.51. The van der Waals surface area contributed by atoms with Crippen LogP contribution in [0, 0.1) is 0 Å². The van der Waals surface area contributed by atoms with Crippen molar-refractivity contribution >= 4 is 11.8 Å². The molecule has 0 saturated carbocycles. The third kappa shape index (κ3) is 2.72. The second kappa shape index (κ2) is 4.94. The first-order chi connectivity index (χ1) is 9.05. The Morgan fingerprint density at radius 2 is 1.74 bits per heavy atom. The van der Waals surface area contributed by atoms with Gasteiger partial charge in [0.05, 0.1) is 5.60 Å². The fourth-order valence-corrected chi connectivity index (χ4v) is 4.93. The number of rotatable bonds is 3. The van der Waals surface area contributed by atoms with Crippen LogP contribution in [0.2, 0.25) is 0 Å². The zero-order valence-electron chi connectivity index (χ0n) is 10.4. The maximum atomic E-state index is 12.1. The summed E-state index contributed by atoms with van der Waals surface area (Å²) in [6, 6.07) is 6.41. The standard InChI is InChI=1S/C14H16F2O2S/c15-13(16)18-10-3-1-9(2-4-10)14(17)7-11-5-6-12(8-14)19-11/h1-4,11-13,17H,5-8H2. The van der Waals surface area contributed by atoms with E-state index in [0.717, 1.165) is 18.4 Å². The van der Waals surface area contributed by atoms with Crippen molar-refractivity contribution in [3.63, 3.8) is 0 Å². The smallest absolute Gasteiger partial charge is 0.387 e. The number of fused-ring (bicyclic) bond motifs is 2. The van der Waals surface area contributed by atoms with E-state index in [1.807, 2.05) is 11.8 Å². The van der Waals surface area contributed by atoms with Crippen LogP contribution < -0.4 is 4.74 Å². The van der Waals surface area contributed by atoms with E-state index in [9.17, 15) is 13.9 Å². The minimum Gasteiger partial charge on any atom is -0.435 e. The molecule has 2 aliphatic rings. The summed E-state index contributed by atoms with van der Waals surface area (Å²) in [5.74, 6) is 0.135. The highest BCUT2D eigenvalue weighted by molar-refractivity contribution is 8.00. The van der Waals surface area contributed by atoms with Gasteiger partial charge in [-0.25, -0.2) is 0 Å². The van der Waals surface area contributed by atoms with Gasteiger partial charge in [0.1, 0.15) is 5.75 Å². The average Bonchev–Trinajstić information content (AvgIpc) is 2.69. The Kier molecular flexibility index (Phi) is 3.43. The van der Waals surface area contributed by atoms with Crippen molar-refractivity contribution in [2.75, 3.05) is 0 Å². The summed E-state index contributed by atoms with van der Waals surface area (Å²) in [4.78, 5) is 0. The zero-order valence-corrected chi connectivity index (χ0v) is 11.2. The Bertz CT molecular complexity index is 437. The van der Waals surface area contributed by atoms with E-state index in [1.165, 1.54) is 25.0 Å². The van der Waals surface area contributed by atoms with Crippen molar-refractivity contribution in [3.05, 3.63) is 29.8 Å². The van der Waals surface area contributed by atoms with Crippen molar-refractivity contribution in [3.8, 4) is 5.75 Å². The van der Waals surface area contributed by atoms with Gasteiger partial charge in [-0.15, -0.1) is 0 Å². The lowest BCUT2D eigenvalue weighted by molar-refractivity contribution is -0.0499. The number of benzene rings is 1. The lowest BCUT2D eigenvalue weighted by atomic mass is 9.86. The highest BCUT2D eigenvalue weighted by Gasteiger charge is 2.44. The van der Waals surface area contributed by atoms with Crippen LogP contribution in [0.4, 0.5) is 8.78 Å². The van der Waals surface area contributed by atoms with Crippen LogP contribution in [-0.4, -0.2) is 22.2 Å². The molecule has 2 bridgehead atoms. The molecule has 3 rings (SSSR count). The number of ether oxygens (including phenoxy) is 1. The third-order valence-corrected chi connectivity index (χ3v) is 5.52. The summed E-state index contributed by atoms with van der Waals surface area (Å²) in [7, 11) is 0. The van der Waals surface area contributed by atoms with E-state index in [2.05, 4.69) is 4.74 Å². The zero-order chi connectivity index (χ0) is 13.5. The molecule has 2 atom stereocenters. The number of aliphatic hydroxyl groups is 1. The fourth-order valence-electron chi connectivity index (χ4n) is 3.10. The lowest BCUT2D eigenvalue weighted by Crippen LogP contribution is -2.34. The van der Waals surface area contributed by atoms with Crippen molar-refractivity contribution in [2.24, 2.45) is 0 Å². The lowest BCUT2D eigenvalue weighted by Gasteiger charge is -2.36. The quantitative estimate of drug-likeness (QED) is 0.921. The van der Waals surface area contributed by atoms with Crippen LogP contribution in [0.3, 0.4) is 0 Å². The molecule has 2 nitrogen and oxygen atoms in total. The molecule has 1 aromatic carbocycles. The molecule has 2 fully saturated rings. The predicted molar refractivity (Wildman–Crippen MR) is 70.6 cm³/mol. The minimum atomic E-state index is -2.81. The van der Waals surface area contributed by atoms with Gasteiger partial charge in [-0.05, 0) is 43.4 Å². The van der Waals surface area contributed by atoms with E-state index in [-0.39, 0.29) is 5.75 Å². The first-order valence-corrected chi connectivity index (χ1v) is 7.43. The van der Waals surface area contributed by atoms with Crippen LogP contribution in [0.5, 0.6) is 5.75 Å². The normalized spacial score (nSPS) is 33.7. The molecule has 5 heteroatoms. The molecule has 0 amide bonds. The average molecular weight is 286 g/mol. The van der Waals surface area contributed by atoms with Gasteiger partial charge < -0.3 is 9.84 Å². The second-order valence-corrected chi connectivity index (χ2v) is 6.91.